The average Bonchev–Trinajstić information content (AvgIpc) is 3.58. The molecular formula is C24H29N3O2. The third-order valence-electron chi connectivity index (χ3n) is 5.86. The average molecular weight is 392 g/mol. The predicted octanol–water partition coefficient (Wildman–Crippen LogP) is 4.43. The highest BCUT2D eigenvalue weighted by Crippen LogP contribution is 2.32. The van der Waals surface area contributed by atoms with Gasteiger partial charge in [0.15, 0.2) is 0 Å². The van der Waals surface area contributed by atoms with Gasteiger partial charge in [0.25, 0.3) is 0 Å². The Kier molecular flexibility index (Phi) is 5.84. The number of rotatable bonds is 5. The summed E-state index contributed by atoms with van der Waals surface area (Å²) in [5.41, 5.74) is 3.22. The Morgan fingerprint density at radius 2 is 1.72 bits per heavy atom. The van der Waals surface area contributed by atoms with Gasteiger partial charge >= 0.3 is 6.03 Å². The number of carbonyl (C=O) groups excluding carboxylic acids is 2. The Bertz CT molecular complexity index is 855. The van der Waals surface area contributed by atoms with Crippen LogP contribution in [0.5, 0.6) is 0 Å². The first-order chi connectivity index (χ1) is 14.1. The molecule has 4 rings (SSSR count). The van der Waals surface area contributed by atoms with Gasteiger partial charge in [-0.25, -0.2) is 4.79 Å². The molecule has 0 radical (unpaired) electrons. The smallest absolute Gasteiger partial charge is 0.321 e. The number of urea groups is 1. The number of hydrogen-bond acceptors (Lipinski definition) is 2. The van der Waals surface area contributed by atoms with Crippen molar-refractivity contribution in [3.63, 3.8) is 0 Å². The summed E-state index contributed by atoms with van der Waals surface area (Å²) in [6, 6.07) is 18.2. The fourth-order valence-electron chi connectivity index (χ4n) is 4.07. The maximum Gasteiger partial charge on any atom is 0.321 e. The number of para-hydroxylation sites is 1. The Morgan fingerprint density at radius 3 is 2.38 bits per heavy atom. The third-order valence-corrected chi connectivity index (χ3v) is 5.86. The molecule has 29 heavy (non-hydrogen) atoms. The highest BCUT2D eigenvalue weighted by molar-refractivity contribution is 5.89. The second-order valence-corrected chi connectivity index (χ2v) is 8.24. The molecule has 2 fully saturated rings. The van der Waals surface area contributed by atoms with Gasteiger partial charge in [-0.3, -0.25) is 4.79 Å². The van der Waals surface area contributed by atoms with Gasteiger partial charge in [0.1, 0.15) is 0 Å². The van der Waals surface area contributed by atoms with Crippen LogP contribution in [0.1, 0.15) is 36.8 Å². The quantitative estimate of drug-likeness (QED) is 0.820. The predicted molar refractivity (Wildman–Crippen MR) is 115 cm³/mol. The SMILES string of the molecule is Cc1cccc(CN(C(=O)C2CCN(C(=O)Nc3ccccc3)CC2)C2CC2)c1. The normalized spacial score (nSPS) is 17.1. The molecule has 0 bridgehead atoms. The lowest BCUT2D eigenvalue weighted by molar-refractivity contribution is -0.138. The first kappa shape index (κ1) is 19.5. The van der Waals surface area contributed by atoms with E-state index >= 15 is 0 Å². The lowest BCUT2D eigenvalue weighted by atomic mass is 9.95. The maximum absolute atomic E-state index is 13.2. The summed E-state index contributed by atoms with van der Waals surface area (Å²) in [6.45, 7) is 4.03. The van der Waals surface area contributed by atoms with Gasteiger partial charge in [-0.2, -0.15) is 0 Å². The van der Waals surface area contributed by atoms with Crippen LogP contribution >= 0.6 is 0 Å². The molecule has 1 saturated heterocycles. The van der Waals surface area contributed by atoms with Crippen LogP contribution in [0.25, 0.3) is 0 Å². The van der Waals surface area contributed by atoms with Crippen LogP contribution in [-0.4, -0.2) is 40.9 Å². The second kappa shape index (κ2) is 8.68. The molecule has 0 spiro atoms. The zero-order valence-corrected chi connectivity index (χ0v) is 17.0. The van der Waals surface area contributed by atoms with Crippen molar-refractivity contribution >= 4 is 17.6 Å². The standard InChI is InChI=1S/C24H29N3O2/c1-18-6-5-7-19(16-18)17-27(22-10-11-22)23(28)20-12-14-26(15-13-20)24(29)25-21-8-3-2-4-9-21/h2-9,16,20,22H,10-15,17H2,1H3,(H,25,29). The van der Waals surface area contributed by atoms with Crippen LogP contribution in [0, 0.1) is 12.8 Å². The topological polar surface area (TPSA) is 52.7 Å². The van der Waals surface area contributed by atoms with E-state index in [4.69, 9.17) is 0 Å². The first-order valence-electron chi connectivity index (χ1n) is 10.6. The minimum Gasteiger partial charge on any atom is -0.335 e. The molecule has 1 aliphatic carbocycles. The van der Waals surface area contributed by atoms with Gasteiger partial charge < -0.3 is 15.1 Å². The van der Waals surface area contributed by atoms with Crippen molar-refractivity contribution in [2.75, 3.05) is 18.4 Å². The van der Waals surface area contributed by atoms with Gasteiger partial charge in [-0.1, -0.05) is 48.0 Å². The monoisotopic (exact) mass is 391 g/mol. The molecule has 3 amide bonds. The largest absolute Gasteiger partial charge is 0.335 e. The molecule has 5 nitrogen and oxygen atoms in total. The van der Waals surface area contributed by atoms with E-state index in [2.05, 4.69) is 41.4 Å². The van der Waals surface area contributed by atoms with Crippen LogP contribution < -0.4 is 5.32 Å². The Hall–Kier alpha value is -2.82. The van der Waals surface area contributed by atoms with Crippen molar-refractivity contribution in [3.05, 3.63) is 65.7 Å². The summed E-state index contributed by atoms with van der Waals surface area (Å²) in [6.07, 6.45) is 3.68. The van der Waals surface area contributed by atoms with E-state index in [1.165, 1.54) is 11.1 Å². The number of amides is 3. The summed E-state index contributed by atoms with van der Waals surface area (Å²) in [5.74, 6) is 0.276. The van der Waals surface area contributed by atoms with Crippen LogP contribution in [-0.2, 0) is 11.3 Å². The zero-order chi connectivity index (χ0) is 20.2. The van der Waals surface area contributed by atoms with E-state index in [-0.39, 0.29) is 17.9 Å². The molecule has 0 unspecified atom stereocenters. The molecule has 152 valence electrons. The molecule has 2 aliphatic rings. The van der Waals surface area contributed by atoms with E-state index in [9.17, 15) is 9.59 Å². The van der Waals surface area contributed by atoms with Crippen LogP contribution in [0.2, 0.25) is 0 Å². The van der Waals surface area contributed by atoms with Gasteiger partial charge in [-0.05, 0) is 50.3 Å². The highest BCUT2D eigenvalue weighted by atomic mass is 16.2. The third kappa shape index (κ3) is 4.97. The summed E-state index contributed by atoms with van der Waals surface area (Å²) < 4.78 is 0. The molecule has 1 N–H and O–H groups in total. The van der Waals surface area contributed by atoms with Crippen molar-refractivity contribution < 1.29 is 9.59 Å². The number of anilines is 1. The Balaban J connectivity index is 1.33. The van der Waals surface area contributed by atoms with E-state index < -0.39 is 0 Å². The summed E-state index contributed by atoms with van der Waals surface area (Å²) in [5, 5.41) is 2.94. The van der Waals surface area contributed by atoms with Crippen LogP contribution in [0.4, 0.5) is 10.5 Å². The summed E-state index contributed by atoms with van der Waals surface area (Å²) >= 11 is 0. The summed E-state index contributed by atoms with van der Waals surface area (Å²) in [4.78, 5) is 29.6. The fourth-order valence-corrected chi connectivity index (χ4v) is 4.07. The van der Waals surface area contributed by atoms with Gasteiger partial charge in [0, 0.05) is 37.3 Å². The zero-order valence-electron chi connectivity index (χ0n) is 17.0. The lowest BCUT2D eigenvalue weighted by Crippen LogP contribution is -2.46. The van der Waals surface area contributed by atoms with Crippen LogP contribution in [0.15, 0.2) is 54.6 Å². The molecule has 0 atom stereocenters. The van der Waals surface area contributed by atoms with Crippen molar-refractivity contribution in [3.8, 4) is 0 Å². The van der Waals surface area contributed by atoms with E-state index in [0.717, 1.165) is 31.4 Å². The number of benzene rings is 2. The number of hydrogen-bond donors (Lipinski definition) is 1. The second-order valence-electron chi connectivity index (χ2n) is 8.24. The molecule has 1 aliphatic heterocycles. The summed E-state index contributed by atoms with van der Waals surface area (Å²) in [7, 11) is 0. The van der Waals surface area contributed by atoms with Gasteiger partial charge in [-0.15, -0.1) is 0 Å². The van der Waals surface area contributed by atoms with Crippen molar-refractivity contribution in [1.82, 2.24) is 9.80 Å². The molecule has 1 heterocycles. The van der Waals surface area contributed by atoms with Crippen molar-refractivity contribution in [2.24, 2.45) is 5.92 Å². The van der Waals surface area contributed by atoms with Gasteiger partial charge in [0.2, 0.25) is 5.91 Å². The van der Waals surface area contributed by atoms with E-state index in [1.807, 2.05) is 35.2 Å². The maximum atomic E-state index is 13.2. The molecule has 5 heteroatoms. The molecule has 2 aromatic carbocycles. The molecule has 1 saturated carbocycles. The van der Waals surface area contributed by atoms with Crippen molar-refractivity contribution in [2.45, 2.75) is 45.2 Å². The fraction of sp³-hybridized carbons (Fsp3) is 0.417. The Labute approximate surface area is 172 Å². The number of nitrogens with zero attached hydrogens (tertiary/aromatic N) is 2. The minimum absolute atomic E-state index is 0.0150. The van der Waals surface area contributed by atoms with Crippen molar-refractivity contribution in [1.29, 1.82) is 0 Å². The number of aryl methyl sites for hydroxylation is 1. The molecular weight excluding hydrogens is 362 g/mol. The minimum atomic E-state index is -0.0825. The van der Waals surface area contributed by atoms with Gasteiger partial charge in [0.05, 0.1) is 0 Å². The number of piperidine rings is 1. The number of likely N-dealkylation sites (tertiary alicyclic amines) is 1. The molecule has 2 aromatic rings. The number of nitrogens with one attached hydrogen (secondary N) is 1. The number of carbonyl (C=O) groups is 2. The van der Waals surface area contributed by atoms with E-state index in [0.29, 0.717) is 25.7 Å². The lowest BCUT2D eigenvalue weighted by Gasteiger charge is -2.34. The Morgan fingerprint density at radius 1 is 1.00 bits per heavy atom. The molecule has 0 aromatic heterocycles. The highest BCUT2D eigenvalue weighted by Gasteiger charge is 2.37. The van der Waals surface area contributed by atoms with Crippen LogP contribution in [0.3, 0.4) is 0 Å². The van der Waals surface area contributed by atoms with E-state index in [1.54, 1.807) is 0 Å². The first-order valence-corrected chi connectivity index (χ1v) is 10.6.